The quantitative estimate of drug-likeness (QED) is 0.789. The molecule has 0 bridgehead atoms. The Balaban J connectivity index is 1.97. The molecule has 2 aliphatic heterocycles. The largest absolute Gasteiger partial charge is 0.371 e. The van der Waals surface area contributed by atoms with Crippen molar-refractivity contribution in [3.8, 4) is 0 Å². The molecule has 6 nitrogen and oxygen atoms in total. The number of nitrogens with one attached hydrogen (secondary N) is 2. The van der Waals surface area contributed by atoms with Gasteiger partial charge in [-0.3, -0.25) is 14.4 Å². The number of carbonyl (C=O) groups excluding carboxylic acids is 1. The Morgan fingerprint density at radius 2 is 2.21 bits per heavy atom. The highest BCUT2D eigenvalue weighted by Gasteiger charge is 2.25. The van der Waals surface area contributed by atoms with E-state index in [0.717, 1.165) is 37.8 Å². The van der Waals surface area contributed by atoms with E-state index in [0.29, 0.717) is 24.5 Å². The van der Waals surface area contributed by atoms with Crippen LogP contribution in [0, 0.1) is 0 Å². The molecule has 2 N–H and O–H groups in total. The minimum Gasteiger partial charge on any atom is -0.371 e. The third-order valence-electron chi connectivity index (χ3n) is 3.52. The minimum absolute atomic E-state index is 0.203. The Hall–Kier alpha value is -1.82. The molecule has 2 aliphatic rings. The fourth-order valence-corrected chi connectivity index (χ4v) is 2.56. The second kappa shape index (κ2) is 5.05. The fourth-order valence-electron chi connectivity index (χ4n) is 2.56. The Kier molecular flexibility index (Phi) is 3.25. The number of rotatable bonds is 1. The molecule has 0 aliphatic carbocycles. The molecule has 0 unspecified atom stereocenters. The van der Waals surface area contributed by atoms with E-state index in [1.165, 1.54) is 11.1 Å². The summed E-state index contributed by atoms with van der Waals surface area (Å²) >= 11 is 0. The molecule has 1 aromatic heterocycles. The van der Waals surface area contributed by atoms with Crippen molar-refractivity contribution in [2.24, 2.45) is 0 Å². The highest BCUT2D eigenvalue weighted by molar-refractivity contribution is 5.96. The molecule has 1 amide bonds. The summed E-state index contributed by atoms with van der Waals surface area (Å²) in [7, 11) is 0. The van der Waals surface area contributed by atoms with Crippen molar-refractivity contribution in [1.29, 1.82) is 0 Å². The Labute approximate surface area is 110 Å². The first-order valence-corrected chi connectivity index (χ1v) is 6.70. The lowest BCUT2D eigenvalue weighted by Gasteiger charge is -2.27. The standard InChI is InChI=1S/C13H17N3O3/c17-11-8-10(9-4-3-5-14-12(9)15-11)13(18)16-6-1-2-7-19-16/h8H,1-7H2,(H2,14,15,17). The third-order valence-corrected chi connectivity index (χ3v) is 3.52. The van der Waals surface area contributed by atoms with Gasteiger partial charge in [-0.1, -0.05) is 0 Å². The summed E-state index contributed by atoms with van der Waals surface area (Å²) in [4.78, 5) is 32.2. The van der Waals surface area contributed by atoms with E-state index in [9.17, 15) is 9.59 Å². The van der Waals surface area contributed by atoms with Crippen LogP contribution < -0.4 is 10.9 Å². The molecule has 0 spiro atoms. The Bertz CT molecular complexity index is 547. The van der Waals surface area contributed by atoms with E-state index in [2.05, 4.69) is 10.3 Å². The highest BCUT2D eigenvalue weighted by Crippen LogP contribution is 2.23. The lowest BCUT2D eigenvalue weighted by atomic mass is 10.0. The van der Waals surface area contributed by atoms with Gasteiger partial charge in [-0.25, -0.2) is 5.06 Å². The van der Waals surface area contributed by atoms with E-state index < -0.39 is 0 Å². The molecule has 1 aromatic rings. The monoisotopic (exact) mass is 263 g/mol. The van der Waals surface area contributed by atoms with Gasteiger partial charge < -0.3 is 10.3 Å². The number of amides is 1. The first kappa shape index (κ1) is 12.2. The van der Waals surface area contributed by atoms with Crippen molar-refractivity contribution in [1.82, 2.24) is 10.0 Å². The average molecular weight is 263 g/mol. The number of H-pyrrole nitrogens is 1. The Morgan fingerprint density at radius 1 is 1.32 bits per heavy atom. The maximum atomic E-state index is 12.4. The first-order chi connectivity index (χ1) is 9.25. The SMILES string of the molecule is O=C(c1cc(=O)[nH]c2c1CCCN2)N1CCCCO1. The van der Waals surface area contributed by atoms with E-state index in [-0.39, 0.29) is 11.5 Å². The summed E-state index contributed by atoms with van der Waals surface area (Å²) in [6.07, 6.45) is 3.67. The molecule has 6 heteroatoms. The van der Waals surface area contributed by atoms with E-state index in [4.69, 9.17) is 4.84 Å². The molecule has 0 aromatic carbocycles. The number of hydrogen-bond donors (Lipinski definition) is 2. The second-order valence-corrected chi connectivity index (χ2v) is 4.88. The van der Waals surface area contributed by atoms with Crippen LogP contribution in [0.3, 0.4) is 0 Å². The molecule has 19 heavy (non-hydrogen) atoms. The van der Waals surface area contributed by atoms with Gasteiger partial charge in [0.15, 0.2) is 0 Å². The van der Waals surface area contributed by atoms with Gasteiger partial charge in [0, 0.05) is 24.7 Å². The number of hydrogen-bond acceptors (Lipinski definition) is 4. The minimum atomic E-state index is -0.256. The molecule has 102 valence electrons. The third kappa shape index (κ3) is 2.35. The zero-order valence-corrected chi connectivity index (χ0v) is 10.7. The summed E-state index contributed by atoms with van der Waals surface area (Å²) in [5.74, 6) is 0.477. The number of fused-ring (bicyclic) bond motifs is 1. The zero-order chi connectivity index (χ0) is 13.2. The molecule has 0 saturated carbocycles. The Morgan fingerprint density at radius 3 is 3.00 bits per heavy atom. The van der Waals surface area contributed by atoms with Crippen LogP contribution in [0.25, 0.3) is 0 Å². The van der Waals surface area contributed by atoms with Crippen LogP contribution in [0.2, 0.25) is 0 Å². The molecule has 1 fully saturated rings. The van der Waals surface area contributed by atoms with Crippen LogP contribution in [0.1, 0.15) is 35.2 Å². The molecular formula is C13H17N3O3. The van der Waals surface area contributed by atoms with Crippen LogP contribution in [0.4, 0.5) is 5.82 Å². The summed E-state index contributed by atoms with van der Waals surface area (Å²) in [6.45, 7) is 1.98. The molecule has 1 saturated heterocycles. The van der Waals surface area contributed by atoms with Gasteiger partial charge in [0.05, 0.1) is 12.2 Å². The summed E-state index contributed by atoms with van der Waals surface area (Å²) in [6, 6.07) is 1.38. The normalized spacial score (nSPS) is 18.6. The first-order valence-electron chi connectivity index (χ1n) is 6.70. The summed E-state index contributed by atoms with van der Waals surface area (Å²) in [5, 5.41) is 4.52. The van der Waals surface area contributed by atoms with Gasteiger partial charge in [0.1, 0.15) is 5.82 Å². The number of aromatic amines is 1. The van der Waals surface area contributed by atoms with E-state index in [1.54, 1.807) is 0 Å². The molecular weight excluding hydrogens is 246 g/mol. The number of hydroxylamine groups is 2. The number of nitrogens with zero attached hydrogens (tertiary/aromatic N) is 1. The lowest BCUT2D eigenvalue weighted by molar-refractivity contribution is -0.144. The van der Waals surface area contributed by atoms with Gasteiger partial charge in [0.25, 0.3) is 5.91 Å². The van der Waals surface area contributed by atoms with Crippen molar-refractivity contribution in [3.05, 3.63) is 27.5 Å². The van der Waals surface area contributed by atoms with Gasteiger partial charge in [-0.15, -0.1) is 0 Å². The summed E-state index contributed by atoms with van der Waals surface area (Å²) < 4.78 is 0. The van der Waals surface area contributed by atoms with E-state index in [1.807, 2.05) is 0 Å². The predicted molar refractivity (Wildman–Crippen MR) is 70.1 cm³/mol. The molecule has 0 radical (unpaired) electrons. The molecule has 0 atom stereocenters. The van der Waals surface area contributed by atoms with Crippen LogP contribution in [0.15, 0.2) is 10.9 Å². The fraction of sp³-hybridized carbons (Fsp3) is 0.538. The van der Waals surface area contributed by atoms with Gasteiger partial charge in [0.2, 0.25) is 5.56 Å². The van der Waals surface area contributed by atoms with Crippen LogP contribution in [-0.4, -0.2) is 35.7 Å². The van der Waals surface area contributed by atoms with Crippen molar-refractivity contribution < 1.29 is 9.63 Å². The number of aromatic nitrogens is 1. The van der Waals surface area contributed by atoms with E-state index >= 15 is 0 Å². The number of anilines is 1. The van der Waals surface area contributed by atoms with Crippen LogP contribution >= 0.6 is 0 Å². The molecule has 3 heterocycles. The smallest absolute Gasteiger partial charge is 0.278 e. The molecule has 3 rings (SSSR count). The topological polar surface area (TPSA) is 74.4 Å². The maximum Gasteiger partial charge on any atom is 0.278 e. The van der Waals surface area contributed by atoms with Crippen molar-refractivity contribution in [2.45, 2.75) is 25.7 Å². The second-order valence-electron chi connectivity index (χ2n) is 4.88. The van der Waals surface area contributed by atoms with Gasteiger partial charge >= 0.3 is 0 Å². The van der Waals surface area contributed by atoms with Gasteiger partial charge in [-0.05, 0) is 25.7 Å². The highest BCUT2D eigenvalue weighted by atomic mass is 16.7. The van der Waals surface area contributed by atoms with Crippen molar-refractivity contribution in [2.75, 3.05) is 25.0 Å². The maximum absolute atomic E-state index is 12.4. The van der Waals surface area contributed by atoms with Crippen LogP contribution in [0.5, 0.6) is 0 Å². The number of pyridine rings is 1. The van der Waals surface area contributed by atoms with Crippen molar-refractivity contribution in [3.63, 3.8) is 0 Å². The lowest BCUT2D eigenvalue weighted by Crippen LogP contribution is -2.37. The zero-order valence-electron chi connectivity index (χ0n) is 10.7. The average Bonchev–Trinajstić information content (AvgIpc) is 2.46. The van der Waals surface area contributed by atoms with Gasteiger partial charge in [-0.2, -0.15) is 0 Å². The van der Waals surface area contributed by atoms with Crippen LogP contribution in [-0.2, 0) is 11.3 Å². The predicted octanol–water partition coefficient (Wildman–Crippen LogP) is 0.901. The van der Waals surface area contributed by atoms with Crippen molar-refractivity contribution >= 4 is 11.7 Å². The summed E-state index contributed by atoms with van der Waals surface area (Å²) in [5.41, 5.74) is 1.10. The number of carbonyl (C=O) groups is 1.